The van der Waals surface area contributed by atoms with E-state index in [0.29, 0.717) is 5.88 Å². The van der Waals surface area contributed by atoms with Gasteiger partial charge in [-0.05, 0) is 17.7 Å². The molecule has 13 heteroatoms. The van der Waals surface area contributed by atoms with Gasteiger partial charge in [0.05, 0.1) is 11.6 Å². The fourth-order valence-corrected chi connectivity index (χ4v) is 1.90. The van der Waals surface area contributed by atoms with Gasteiger partial charge in [-0.1, -0.05) is 5.11 Å². The van der Waals surface area contributed by atoms with Crippen molar-refractivity contribution in [2.45, 2.75) is 6.04 Å². The third-order valence-electron chi connectivity index (χ3n) is 2.49. The van der Waals surface area contributed by atoms with Crippen LogP contribution in [0.1, 0.15) is 0 Å². The van der Waals surface area contributed by atoms with Crippen LogP contribution in [0, 0.1) is 29.3 Å². The molecule has 1 radical (unpaired) electrons. The molecule has 1 aromatic carbocycles. The van der Waals surface area contributed by atoms with Crippen molar-refractivity contribution in [1.29, 1.82) is 0 Å². The van der Waals surface area contributed by atoms with E-state index in [1.54, 1.807) is 0 Å². The van der Waals surface area contributed by atoms with Crippen LogP contribution in [0.4, 0.5) is 23.2 Å². The number of hydrogen-bond acceptors (Lipinski definition) is 6. The molecular weight excluding hydrogens is 461 g/mol. The van der Waals surface area contributed by atoms with Gasteiger partial charge < -0.3 is 22.5 Å². The zero-order valence-electron chi connectivity index (χ0n) is 12.0. The van der Waals surface area contributed by atoms with Gasteiger partial charge >= 0.3 is 0 Å². The van der Waals surface area contributed by atoms with Crippen LogP contribution in [0.15, 0.2) is 17.3 Å². The summed E-state index contributed by atoms with van der Waals surface area (Å²) in [6, 6.07) is 0.463. The zero-order chi connectivity index (χ0) is 18.3. The van der Waals surface area contributed by atoms with Crippen molar-refractivity contribution in [1.82, 2.24) is 5.32 Å². The van der Waals surface area contributed by atoms with E-state index in [0.717, 1.165) is 16.9 Å². The van der Waals surface area contributed by atoms with Gasteiger partial charge in [-0.25, -0.2) is 8.78 Å². The fourth-order valence-electron chi connectivity index (χ4n) is 1.46. The Morgan fingerprint density at radius 1 is 1.20 bits per heavy atom. The van der Waals surface area contributed by atoms with Gasteiger partial charge in [0.2, 0.25) is 0 Å². The molecule has 0 fully saturated rings. The summed E-state index contributed by atoms with van der Waals surface area (Å²) in [6.45, 7) is 0. The van der Waals surface area contributed by atoms with Gasteiger partial charge in [0.15, 0.2) is 11.6 Å². The first-order valence-corrected chi connectivity index (χ1v) is 7.78. The van der Waals surface area contributed by atoms with Crippen LogP contribution in [-0.2, 0) is 54.0 Å². The Balaban J connectivity index is 0.000000449. The van der Waals surface area contributed by atoms with Crippen molar-refractivity contribution in [3.05, 3.63) is 51.9 Å². The van der Waals surface area contributed by atoms with E-state index < -0.39 is 35.0 Å². The summed E-state index contributed by atoms with van der Waals surface area (Å²) in [6.07, 6.45) is 2.57. The van der Waals surface area contributed by atoms with E-state index >= 15 is 0 Å². The van der Waals surface area contributed by atoms with Crippen LogP contribution >= 0.6 is 10.8 Å². The molecule has 2 rings (SSSR count). The molecule has 0 aliphatic heterocycles. The number of rotatable bonds is 4. The molecule has 131 valence electrons. The largest absolute Gasteiger partial charge is 0.718 e. The molecule has 0 saturated carbocycles. The van der Waals surface area contributed by atoms with Crippen molar-refractivity contribution in [2.24, 2.45) is 5.11 Å². The van der Waals surface area contributed by atoms with E-state index in [4.69, 9.17) is 5.53 Å². The molecule has 0 heterocycles. The predicted octanol–water partition coefficient (Wildman–Crippen LogP) is 2.79. The Labute approximate surface area is 173 Å². The maximum absolute atomic E-state index is 12.6. The normalized spacial score (nSPS) is 13.0. The second-order valence-corrected chi connectivity index (χ2v) is 5.19. The number of nitrogens with one attached hydrogen (secondary N) is 1. The number of hydrogen-bond donors (Lipinski definition) is 1. The first-order valence-electron chi connectivity index (χ1n) is 5.87. The molecule has 1 aliphatic rings. The molecule has 0 atom stereocenters. The van der Waals surface area contributed by atoms with Crippen LogP contribution in [-0.4, -0.2) is 23.5 Å². The Hall–Kier alpha value is -0.906. The molecule has 1 aliphatic carbocycles. The molecular formula is C12H6F4N4O2S2Y-2. The smallest absolute Gasteiger partial charge is 0.180 e. The van der Waals surface area contributed by atoms with Crippen molar-refractivity contribution in [3.8, 4) is 0 Å². The van der Waals surface area contributed by atoms with Gasteiger partial charge in [0.1, 0.15) is 6.04 Å². The van der Waals surface area contributed by atoms with Gasteiger partial charge in [-0.3, -0.25) is 23.7 Å². The molecule has 0 unspecified atom stereocenters. The summed E-state index contributed by atoms with van der Waals surface area (Å²) in [5.41, 5.74) is 6.48. The molecule has 0 amide bonds. The van der Waals surface area contributed by atoms with Gasteiger partial charge in [-0.15, -0.1) is 6.07 Å². The number of nitrogens with zero attached hydrogens (tertiary/aromatic N) is 3. The van der Waals surface area contributed by atoms with E-state index in [1.807, 2.05) is 4.91 Å². The number of benzene rings is 1. The number of carbonyl (C=O) groups is 2. The maximum Gasteiger partial charge on any atom is 0.180 e. The van der Waals surface area contributed by atoms with E-state index in [-0.39, 0.29) is 44.3 Å². The summed E-state index contributed by atoms with van der Waals surface area (Å²) < 4.78 is 49.7. The Kier molecular flexibility index (Phi) is 11.2. The monoisotopic (exact) mass is 467 g/mol. The minimum Gasteiger partial charge on any atom is -0.718 e. The summed E-state index contributed by atoms with van der Waals surface area (Å²) in [5.74, 6) is -6.92. The van der Waals surface area contributed by atoms with Crippen molar-refractivity contribution in [2.75, 3.05) is 5.88 Å². The van der Waals surface area contributed by atoms with Crippen LogP contribution < -0.4 is 5.32 Å². The molecule has 1 N–H and O–H groups in total. The molecule has 6 nitrogen and oxygen atoms in total. The van der Waals surface area contributed by atoms with Gasteiger partial charge in [-0.2, -0.15) is 0 Å². The first kappa shape index (κ1) is 24.1. The van der Waals surface area contributed by atoms with Gasteiger partial charge in [0.25, 0.3) is 0 Å². The van der Waals surface area contributed by atoms with E-state index in [1.165, 1.54) is 12.2 Å². The summed E-state index contributed by atoms with van der Waals surface area (Å²) in [5, 5.41) is 5.19. The minimum absolute atomic E-state index is 0. The molecule has 0 saturated heterocycles. The number of azide groups is 1. The number of ketones is 2. The van der Waals surface area contributed by atoms with Crippen LogP contribution in [0.25, 0.3) is 10.4 Å². The van der Waals surface area contributed by atoms with Gasteiger partial charge in [0, 0.05) is 60.8 Å². The second-order valence-electron chi connectivity index (χ2n) is 3.96. The summed E-state index contributed by atoms with van der Waals surface area (Å²) in [4.78, 5) is 23.8. The van der Waals surface area contributed by atoms with Crippen LogP contribution in [0.5, 0.6) is 0 Å². The van der Waals surface area contributed by atoms with Crippen molar-refractivity contribution < 1.29 is 59.9 Å². The zero-order valence-corrected chi connectivity index (χ0v) is 16.5. The average Bonchev–Trinajstić information content (AvgIpc) is 2.87. The van der Waals surface area contributed by atoms with E-state index in [9.17, 15) is 27.2 Å². The third-order valence-corrected chi connectivity index (χ3v) is 3.13. The number of halogens is 4. The Morgan fingerprint density at radius 2 is 1.68 bits per heavy atom. The molecule has 0 aromatic heterocycles. The quantitative estimate of drug-likeness (QED) is 0.0703. The summed E-state index contributed by atoms with van der Waals surface area (Å²) in [7, 11) is 1.13. The van der Waals surface area contributed by atoms with Crippen molar-refractivity contribution in [3.63, 3.8) is 0 Å². The minimum atomic E-state index is -1.77. The molecule has 1 aromatic rings. The molecule has 0 bridgehead atoms. The van der Waals surface area contributed by atoms with E-state index in [2.05, 4.69) is 22.1 Å². The maximum atomic E-state index is 12.6. The predicted molar refractivity (Wildman–Crippen MR) is 79.8 cm³/mol. The topological polar surface area (TPSA) is 94.9 Å². The van der Waals surface area contributed by atoms with Crippen molar-refractivity contribution >= 4 is 39.7 Å². The Morgan fingerprint density at radius 3 is 2.08 bits per heavy atom. The fraction of sp³-hybridized carbons (Fsp3) is 0.167. The average molecular weight is 467 g/mol. The molecule has 25 heavy (non-hydrogen) atoms. The standard InChI is InChI=1S/C6F4N3.C6H7NO2S2.Y/c7-2-1-3(8)5(10)6(4(2)9)12-13-11;8-4-1-2-5(9)6(4)7-3-11-10;/h;1-2,6-7,10H,3H2;/q-1;;/p-1. The Bertz CT molecular complexity index is 700. The SMILES string of the molecule is O=C1C=CC(=O)C1NCS[S-].[N-]=[N+]=Nc1c(F)c(F)[c-]c(F)c1F.[Y]. The first-order chi connectivity index (χ1) is 11.3. The molecule has 0 spiro atoms. The van der Waals surface area contributed by atoms with Crippen LogP contribution in [0.3, 0.4) is 0 Å². The third kappa shape index (κ3) is 6.72. The number of carbonyl (C=O) groups excluding carboxylic acids is 2. The van der Waals surface area contributed by atoms with Crippen LogP contribution in [0.2, 0.25) is 0 Å². The summed E-state index contributed by atoms with van der Waals surface area (Å²) >= 11 is 4.58. The second kappa shape index (κ2) is 11.7.